The average Bonchev–Trinajstić information content (AvgIpc) is 2.52. The summed E-state index contributed by atoms with van der Waals surface area (Å²) in [7, 11) is 2.12. The van der Waals surface area contributed by atoms with Gasteiger partial charge in [0.05, 0.1) is 0 Å². The lowest BCUT2D eigenvalue weighted by Gasteiger charge is -2.33. The van der Waals surface area contributed by atoms with Gasteiger partial charge in [0, 0.05) is 26.2 Å². The number of rotatable bonds is 3. The molecule has 6 heteroatoms. The number of hydrogen-bond donors (Lipinski definition) is 1. The summed E-state index contributed by atoms with van der Waals surface area (Å²) in [5, 5.41) is 0. The lowest BCUT2D eigenvalue weighted by Crippen LogP contribution is -2.45. The van der Waals surface area contributed by atoms with Gasteiger partial charge in [-0.2, -0.15) is 4.98 Å². The molecule has 1 fully saturated rings. The minimum absolute atomic E-state index is 0.424. The molecule has 2 aromatic rings. The molecule has 0 spiro atoms. The summed E-state index contributed by atoms with van der Waals surface area (Å²) in [6, 6.07) is 9.54. The fourth-order valence-corrected chi connectivity index (χ4v) is 2.48. The maximum absolute atomic E-state index is 6.26. The molecule has 6 nitrogen and oxygen atoms in total. The third-order valence-corrected chi connectivity index (χ3v) is 3.76. The van der Waals surface area contributed by atoms with Gasteiger partial charge < -0.3 is 20.3 Å². The van der Waals surface area contributed by atoms with Gasteiger partial charge in [-0.15, -0.1) is 0 Å². The molecule has 1 aliphatic heterocycles. The molecule has 0 saturated carbocycles. The number of benzene rings is 1. The predicted molar refractivity (Wildman–Crippen MR) is 87.4 cm³/mol. The highest BCUT2D eigenvalue weighted by molar-refractivity contribution is 5.69. The van der Waals surface area contributed by atoms with Crippen LogP contribution in [0.25, 0.3) is 0 Å². The third-order valence-electron chi connectivity index (χ3n) is 3.76. The molecule has 0 amide bonds. The second-order valence-electron chi connectivity index (χ2n) is 5.52. The normalized spacial score (nSPS) is 15.8. The molecule has 1 aromatic carbocycles. The average molecular weight is 299 g/mol. The van der Waals surface area contributed by atoms with Gasteiger partial charge in [0.1, 0.15) is 17.3 Å². The second-order valence-corrected chi connectivity index (χ2v) is 5.52. The van der Waals surface area contributed by atoms with E-state index in [2.05, 4.69) is 26.8 Å². The van der Waals surface area contributed by atoms with Gasteiger partial charge in [-0.1, -0.05) is 18.2 Å². The zero-order valence-electron chi connectivity index (χ0n) is 13.0. The number of nitrogens with two attached hydrogens (primary N) is 1. The highest BCUT2D eigenvalue weighted by atomic mass is 16.5. The fraction of sp³-hybridized carbons (Fsp3) is 0.375. The number of aryl methyl sites for hydroxylation is 1. The molecule has 3 rings (SSSR count). The number of hydrogen-bond acceptors (Lipinski definition) is 6. The molecule has 2 N–H and O–H groups in total. The van der Waals surface area contributed by atoms with Gasteiger partial charge >= 0.3 is 0 Å². The monoisotopic (exact) mass is 299 g/mol. The third kappa shape index (κ3) is 3.12. The van der Waals surface area contributed by atoms with Gasteiger partial charge in [-0.05, 0) is 26.1 Å². The van der Waals surface area contributed by atoms with Crippen LogP contribution in [0.4, 0.5) is 11.5 Å². The zero-order chi connectivity index (χ0) is 15.5. The van der Waals surface area contributed by atoms with Crippen molar-refractivity contribution in [2.75, 3.05) is 43.9 Å². The van der Waals surface area contributed by atoms with E-state index in [1.54, 1.807) is 0 Å². The van der Waals surface area contributed by atoms with E-state index in [0.717, 1.165) is 37.7 Å². The number of nitrogen functional groups attached to an aromatic ring is 1. The molecule has 22 heavy (non-hydrogen) atoms. The molecule has 0 unspecified atom stereocenters. The predicted octanol–water partition coefficient (Wildman–Crippen LogP) is 1.91. The summed E-state index contributed by atoms with van der Waals surface area (Å²) in [5.41, 5.74) is 6.76. The van der Waals surface area contributed by atoms with Crippen molar-refractivity contribution >= 4 is 11.5 Å². The molecule has 0 aliphatic carbocycles. The molecule has 0 atom stereocenters. The van der Waals surface area contributed by atoms with E-state index in [-0.39, 0.29) is 0 Å². The smallest absolute Gasteiger partial charge is 0.248 e. The Morgan fingerprint density at radius 1 is 1.05 bits per heavy atom. The van der Waals surface area contributed by atoms with E-state index in [1.807, 2.05) is 37.3 Å². The number of aromatic nitrogens is 2. The molecule has 1 aliphatic rings. The van der Waals surface area contributed by atoms with Gasteiger partial charge in [0.15, 0.2) is 5.82 Å². The first kappa shape index (κ1) is 14.6. The highest BCUT2D eigenvalue weighted by Crippen LogP contribution is 2.32. The van der Waals surface area contributed by atoms with Crippen molar-refractivity contribution in [2.45, 2.75) is 6.92 Å². The Kier molecular flexibility index (Phi) is 4.11. The maximum Gasteiger partial charge on any atom is 0.248 e. The summed E-state index contributed by atoms with van der Waals surface area (Å²) in [6.07, 6.45) is 0. The van der Waals surface area contributed by atoms with Gasteiger partial charge in [0.2, 0.25) is 5.88 Å². The Balaban J connectivity index is 1.88. The summed E-state index contributed by atoms with van der Waals surface area (Å²) >= 11 is 0. The Morgan fingerprint density at radius 2 is 1.73 bits per heavy atom. The molecule has 1 saturated heterocycles. The van der Waals surface area contributed by atoms with E-state index in [1.165, 1.54) is 0 Å². The lowest BCUT2D eigenvalue weighted by atomic mass is 10.3. The summed E-state index contributed by atoms with van der Waals surface area (Å²) in [4.78, 5) is 13.3. The minimum Gasteiger partial charge on any atom is -0.437 e. The van der Waals surface area contributed by atoms with Crippen LogP contribution in [0.2, 0.25) is 0 Å². The van der Waals surface area contributed by atoms with Crippen molar-refractivity contribution in [3.8, 4) is 11.6 Å². The quantitative estimate of drug-likeness (QED) is 0.934. The Bertz CT molecular complexity index is 638. The SMILES string of the molecule is Cc1nc(Oc2ccccc2)c(N)c(N2CCN(C)CC2)n1. The first-order chi connectivity index (χ1) is 10.6. The standard InChI is InChI=1S/C16H21N5O/c1-12-18-15(21-10-8-20(2)9-11-21)14(17)16(19-12)22-13-6-4-3-5-7-13/h3-7H,8-11,17H2,1-2H3. The number of para-hydroxylation sites is 1. The van der Waals surface area contributed by atoms with Crippen LogP contribution in [0.1, 0.15) is 5.82 Å². The van der Waals surface area contributed by atoms with Crippen molar-refractivity contribution < 1.29 is 4.74 Å². The van der Waals surface area contributed by atoms with Crippen LogP contribution >= 0.6 is 0 Å². The van der Waals surface area contributed by atoms with Crippen molar-refractivity contribution in [1.82, 2.24) is 14.9 Å². The van der Waals surface area contributed by atoms with Crippen LogP contribution in [0.5, 0.6) is 11.6 Å². The van der Waals surface area contributed by atoms with E-state index in [4.69, 9.17) is 10.5 Å². The number of piperazine rings is 1. The number of ether oxygens (including phenoxy) is 1. The van der Waals surface area contributed by atoms with Gasteiger partial charge in [0.25, 0.3) is 0 Å². The first-order valence-corrected chi connectivity index (χ1v) is 7.44. The van der Waals surface area contributed by atoms with Crippen molar-refractivity contribution in [2.24, 2.45) is 0 Å². The Morgan fingerprint density at radius 3 is 2.41 bits per heavy atom. The fourth-order valence-electron chi connectivity index (χ4n) is 2.48. The molecular weight excluding hydrogens is 278 g/mol. The van der Waals surface area contributed by atoms with Crippen LogP contribution in [0.15, 0.2) is 30.3 Å². The number of anilines is 2. The van der Waals surface area contributed by atoms with Crippen LogP contribution in [-0.2, 0) is 0 Å². The van der Waals surface area contributed by atoms with Gasteiger partial charge in [-0.3, -0.25) is 0 Å². The van der Waals surface area contributed by atoms with Crippen molar-refractivity contribution in [1.29, 1.82) is 0 Å². The molecule has 0 radical (unpaired) electrons. The summed E-state index contributed by atoms with van der Waals surface area (Å²) in [5.74, 6) is 2.57. The molecule has 116 valence electrons. The van der Waals surface area contributed by atoms with E-state index >= 15 is 0 Å². The largest absolute Gasteiger partial charge is 0.437 e. The Labute approximate surface area is 130 Å². The minimum atomic E-state index is 0.424. The van der Waals surface area contributed by atoms with Crippen molar-refractivity contribution in [3.63, 3.8) is 0 Å². The second kappa shape index (κ2) is 6.19. The lowest BCUT2D eigenvalue weighted by molar-refractivity contribution is 0.312. The van der Waals surface area contributed by atoms with Gasteiger partial charge in [-0.25, -0.2) is 4.98 Å². The molecule has 2 heterocycles. The van der Waals surface area contributed by atoms with E-state index in [9.17, 15) is 0 Å². The molecule has 0 bridgehead atoms. The summed E-state index contributed by atoms with van der Waals surface area (Å²) in [6.45, 7) is 5.66. The zero-order valence-corrected chi connectivity index (χ0v) is 13.0. The first-order valence-electron chi connectivity index (χ1n) is 7.44. The topological polar surface area (TPSA) is 67.5 Å². The summed E-state index contributed by atoms with van der Waals surface area (Å²) < 4.78 is 5.83. The van der Waals surface area contributed by atoms with Crippen LogP contribution in [-0.4, -0.2) is 48.1 Å². The highest BCUT2D eigenvalue weighted by Gasteiger charge is 2.21. The van der Waals surface area contributed by atoms with Crippen LogP contribution in [0, 0.1) is 6.92 Å². The van der Waals surface area contributed by atoms with E-state index < -0.39 is 0 Å². The molecular formula is C16H21N5O. The van der Waals surface area contributed by atoms with Crippen molar-refractivity contribution in [3.05, 3.63) is 36.2 Å². The van der Waals surface area contributed by atoms with Crippen LogP contribution in [0.3, 0.4) is 0 Å². The molecule has 1 aromatic heterocycles. The number of nitrogens with zero attached hydrogens (tertiary/aromatic N) is 4. The number of likely N-dealkylation sites (N-methyl/N-ethyl adjacent to an activating group) is 1. The van der Waals surface area contributed by atoms with E-state index in [0.29, 0.717) is 17.4 Å². The van der Waals surface area contributed by atoms with Crippen LogP contribution < -0.4 is 15.4 Å². The maximum atomic E-state index is 6.26. The Hall–Kier alpha value is -2.34.